The first-order valence-corrected chi connectivity index (χ1v) is 10.3. The van der Waals surface area contributed by atoms with E-state index in [-0.39, 0.29) is 12.6 Å². The molecule has 0 spiro atoms. The van der Waals surface area contributed by atoms with E-state index in [4.69, 9.17) is 4.74 Å². The first kappa shape index (κ1) is 22.8. The van der Waals surface area contributed by atoms with E-state index in [1.54, 1.807) is 0 Å². The fourth-order valence-corrected chi connectivity index (χ4v) is 2.71. The molecule has 3 nitrogen and oxygen atoms in total. The number of hydrogen-bond acceptors (Lipinski definition) is 4. The SMILES string of the molecule is CCCCCCCCCCCCCCCC(=O)OCC(O)CS. The van der Waals surface area contributed by atoms with Crippen molar-refractivity contribution >= 4 is 18.6 Å². The third kappa shape index (κ3) is 18.0. The maximum atomic E-state index is 11.4. The Bertz CT molecular complexity index is 259. The highest BCUT2D eigenvalue weighted by atomic mass is 32.1. The highest BCUT2D eigenvalue weighted by molar-refractivity contribution is 7.80. The summed E-state index contributed by atoms with van der Waals surface area (Å²) in [6, 6.07) is 0. The minimum absolute atomic E-state index is 0.0702. The van der Waals surface area contributed by atoms with Gasteiger partial charge in [-0.25, -0.2) is 0 Å². The average molecular weight is 347 g/mol. The van der Waals surface area contributed by atoms with Gasteiger partial charge in [0.2, 0.25) is 0 Å². The number of aliphatic hydroxyl groups excluding tert-OH is 1. The number of carbonyl (C=O) groups excluding carboxylic acids is 1. The summed E-state index contributed by atoms with van der Waals surface area (Å²) in [5, 5.41) is 9.24. The molecule has 0 saturated carbocycles. The molecule has 0 fully saturated rings. The van der Waals surface area contributed by atoms with E-state index in [0.29, 0.717) is 12.2 Å². The zero-order chi connectivity index (χ0) is 17.2. The zero-order valence-corrected chi connectivity index (χ0v) is 16.0. The smallest absolute Gasteiger partial charge is 0.305 e. The van der Waals surface area contributed by atoms with E-state index in [9.17, 15) is 9.90 Å². The molecule has 1 atom stereocenters. The van der Waals surface area contributed by atoms with Gasteiger partial charge in [0.25, 0.3) is 0 Å². The highest BCUT2D eigenvalue weighted by Gasteiger charge is 2.06. The van der Waals surface area contributed by atoms with Crippen molar-refractivity contribution in [2.24, 2.45) is 0 Å². The number of aliphatic hydroxyl groups is 1. The molecule has 1 unspecified atom stereocenters. The number of esters is 1. The van der Waals surface area contributed by atoms with Crippen LogP contribution in [0.3, 0.4) is 0 Å². The predicted octanol–water partition coefficient (Wildman–Crippen LogP) is 5.30. The third-order valence-electron chi connectivity index (χ3n) is 4.13. The van der Waals surface area contributed by atoms with Crippen molar-refractivity contribution in [3.63, 3.8) is 0 Å². The number of hydrogen-bond donors (Lipinski definition) is 2. The maximum absolute atomic E-state index is 11.4. The van der Waals surface area contributed by atoms with Gasteiger partial charge in [-0.1, -0.05) is 84.0 Å². The molecule has 0 rings (SSSR count). The molecule has 0 aliphatic carbocycles. The molecule has 0 amide bonds. The van der Waals surface area contributed by atoms with Gasteiger partial charge < -0.3 is 9.84 Å². The van der Waals surface area contributed by atoms with Crippen LogP contribution < -0.4 is 0 Å². The van der Waals surface area contributed by atoms with Crippen molar-refractivity contribution < 1.29 is 14.6 Å². The zero-order valence-electron chi connectivity index (χ0n) is 15.1. The molecule has 4 heteroatoms. The molecule has 1 N–H and O–H groups in total. The normalized spacial score (nSPS) is 12.3. The van der Waals surface area contributed by atoms with Crippen LogP contribution in [0, 0.1) is 0 Å². The van der Waals surface area contributed by atoms with Crippen LogP contribution in [0.15, 0.2) is 0 Å². The first-order valence-electron chi connectivity index (χ1n) is 9.65. The summed E-state index contributed by atoms with van der Waals surface area (Å²) in [6.45, 7) is 2.33. The van der Waals surface area contributed by atoms with Crippen LogP contribution in [0.5, 0.6) is 0 Å². The molecule has 0 aromatic carbocycles. The molecule has 0 aromatic heterocycles. The average Bonchev–Trinajstić information content (AvgIpc) is 2.56. The van der Waals surface area contributed by atoms with Crippen molar-refractivity contribution in [3.05, 3.63) is 0 Å². The number of thiol groups is 1. The van der Waals surface area contributed by atoms with Crippen LogP contribution in [0.25, 0.3) is 0 Å². The Morgan fingerprint density at radius 1 is 0.870 bits per heavy atom. The number of carbonyl (C=O) groups is 1. The predicted molar refractivity (Wildman–Crippen MR) is 101 cm³/mol. The van der Waals surface area contributed by atoms with E-state index in [0.717, 1.165) is 12.8 Å². The highest BCUT2D eigenvalue weighted by Crippen LogP contribution is 2.13. The van der Waals surface area contributed by atoms with Gasteiger partial charge in [-0.2, -0.15) is 12.6 Å². The molecule has 0 aromatic rings. The van der Waals surface area contributed by atoms with Crippen LogP contribution in [0.4, 0.5) is 0 Å². The van der Waals surface area contributed by atoms with E-state index >= 15 is 0 Å². The Balaban J connectivity index is 3.14. The molecule has 23 heavy (non-hydrogen) atoms. The Morgan fingerprint density at radius 2 is 1.30 bits per heavy atom. The minimum atomic E-state index is -0.645. The fraction of sp³-hybridized carbons (Fsp3) is 0.947. The van der Waals surface area contributed by atoms with Crippen molar-refractivity contribution in [1.82, 2.24) is 0 Å². The van der Waals surface area contributed by atoms with Gasteiger partial charge in [0.15, 0.2) is 0 Å². The summed E-state index contributed by atoms with van der Waals surface area (Å²) in [6.07, 6.45) is 16.7. The molecular weight excluding hydrogens is 308 g/mol. The van der Waals surface area contributed by atoms with E-state index in [1.165, 1.54) is 70.6 Å². The van der Waals surface area contributed by atoms with Crippen molar-refractivity contribution in [1.29, 1.82) is 0 Å². The fourth-order valence-electron chi connectivity index (χ4n) is 2.60. The number of rotatable bonds is 17. The Kier molecular flexibility index (Phi) is 18.0. The topological polar surface area (TPSA) is 46.5 Å². The second-order valence-corrected chi connectivity index (χ2v) is 6.88. The first-order chi connectivity index (χ1) is 11.2. The monoisotopic (exact) mass is 346 g/mol. The standard InChI is InChI=1S/C19H38O3S/c1-2-3-4-5-6-7-8-9-10-11-12-13-14-15-19(21)22-16-18(20)17-23/h18,20,23H,2-17H2,1H3. The second-order valence-electron chi connectivity index (χ2n) is 6.51. The van der Waals surface area contributed by atoms with Crippen LogP contribution in [-0.2, 0) is 9.53 Å². The Morgan fingerprint density at radius 3 is 1.74 bits per heavy atom. The van der Waals surface area contributed by atoms with Gasteiger partial charge in [0.1, 0.15) is 6.61 Å². The molecule has 0 saturated heterocycles. The largest absolute Gasteiger partial charge is 0.463 e. The minimum Gasteiger partial charge on any atom is -0.463 e. The molecule has 0 aliphatic heterocycles. The molecule has 138 valence electrons. The molecule has 0 radical (unpaired) electrons. The second kappa shape index (κ2) is 18.1. The van der Waals surface area contributed by atoms with Gasteiger partial charge in [-0.3, -0.25) is 4.79 Å². The van der Waals surface area contributed by atoms with Crippen molar-refractivity contribution in [2.45, 2.75) is 103 Å². The summed E-state index contributed by atoms with van der Waals surface area (Å²) < 4.78 is 4.96. The molecule has 0 heterocycles. The summed E-state index contributed by atoms with van der Waals surface area (Å²) in [5.74, 6) is 0.125. The third-order valence-corrected chi connectivity index (χ3v) is 4.55. The van der Waals surface area contributed by atoms with E-state index in [1.807, 2.05) is 0 Å². The lowest BCUT2D eigenvalue weighted by molar-refractivity contribution is -0.146. The van der Waals surface area contributed by atoms with Crippen LogP contribution in [0.1, 0.15) is 96.8 Å². The van der Waals surface area contributed by atoms with Crippen LogP contribution in [-0.4, -0.2) is 29.5 Å². The quantitative estimate of drug-likeness (QED) is 0.213. The van der Waals surface area contributed by atoms with Gasteiger partial charge in [0, 0.05) is 12.2 Å². The van der Waals surface area contributed by atoms with E-state index < -0.39 is 6.10 Å². The lowest BCUT2D eigenvalue weighted by atomic mass is 10.0. The Hall–Kier alpha value is -0.220. The van der Waals surface area contributed by atoms with Crippen LogP contribution in [0.2, 0.25) is 0 Å². The van der Waals surface area contributed by atoms with Gasteiger partial charge >= 0.3 is 5.97 Å². The van der Waals surface area contributed by atoms with Crippen molar-refractivity contribution in [2.75, 3.05) is 12.4 Å². The number of unbranched alkanes of at least 4 members (excludes halogenated alkanes) is 12. The lowest BCUT2D eigenvalue weighted by Crippen LogP contribution is -2.19. The van der Waals surface area contributed by atoms with Gasteiger partial charge in [-0.05, 0) is 6.42 Å². The number of ether oxygens (including phenoxy) is 1. The summed E-state index contributed by atoms with van der Waals surface area (Å²) in [5.41, 5.74) is 0. The van der Waals surface area contributed by atoms with Gasteiger partial charge in [-0.15, -0.1) is 0 Å². The Labute approximate surface area is 149 Å². The maximum Gasteiger partial charge on any atom is 0.305 e. The summed E-state index contributed by atoms with van der Waals surface area (Å²) >= 11 is 3.93. The molecule has 0 bridgehead atoms. The van der Waals surface area contributed by atoms with Crippen molar-refractivity contribution in [3.8, 4) is 0 Å². The summed E-state index contributed by atoms with van der Waals surface area (Å²) in [7, 11) is 0. The molecule has 0 aliphatic rings. The van der Waals surface area contributed by atoms with Crippen LogP contribution >= 0.6 is 12.6 Å². The van der Waals surface area contributed by atoms with Gasteiger partial charge in [0.05, 0.1) is 6.10 Å². The molecular formula is C19H38O3S. The summed E-state index contributed by atoms with van der Waals surface area (Å²) in [4.78, 5) is 11.4. The lowest BCUT2D eigenvalue weighted by Gasteiger charge is -2.08. The van der Waals surface area contributed by atoms with E-state index in [2.05, 4.69) is 19.6 Å².